The predicted molar refractivity (Wildman–Crippen MR) is 59.3 cm³/mol. The molecule has 1 aromatic carbocycles. The van der Waals surface area contributed by atoms with Crippen LogP contribution in [0.15, 0.2) is 17.1 Å². The Balaban J connectivity index is 2.21. The highest BCUT2D eigenvalue weighted by Crippen LogP contribution is 2.22. The van der Waals surface area contributed by atoms with E-state index in [2.05, 4.69) is 10.3 Å². The number of benzene rings is 1. The van der Waals surface area contributed by atoms with E-state index in [0.29, 0.717) is 11.7 Å². The van der Waals surface area contributed by atoms with Crippen LogP contribution in [0.5, 0.6) is 0 Å². The Kier molecular flexibility index (Phi) is 3.38. The van der Waals surface area contributed by atoms with Gasteiger partial charge in [-0.15, -0.1) is 0 Å². The number of thioether (sulfide) groups is 1. The van der Waals surface area contributed by atoms with Gasteiger partial charge in [-0.2, -0.15) is 0 Å². The van der Waals surface area contributed by atoms with Gasteiger partial charge in [0.25, 0.3) is 0 Å². The Morgan fingerprint density at radius 3 is 2.69 bits per heavy atom. The number of rotatable bonds is 1. The number of hydrogen-bond acceptors (Lipinski definition) is 3. The molecule has 1 heterocycles. The van der Waals surface area contributed by atoms with Crippen LogP contribution in [-0.4, -0.2) is 17.5 Å². The van der Waals surface area contributed by atoms with Crippen LogP contribution in [0.2, 0.25) is 0 Å². The van der Waals surface area contributed by atoms with Gasteiger partial charge in [0.1, 0.15) is 0 Å². The number of nitrogens with zero attached hydrogens (tertiary/aromatic N) is 1. The molecule has 1 aliphatic heterocycles. The summed E-state index contributed by atoms with van der Waals surface area (Å²) >= 11 is 1.43. The van der Waals surface area contributed by atoms with Crippen LogP contribution in [0.1, 0.15) is 6.42 Å². The quantitative estimate of drug-likeness (QED) is 0.770. The Hall–Kier alpha value is -1.17. The first-order valence-corrected chi connectivity index (χ1v) is 5.75. The fourth-order valence-corrected chi connectivity index (χ4v) is 2.10. The first-order valence-electron chi connectivity index (χ1n) is 4.76. The highest BCUT2D eigenvalue weighted by Gasteiger charge is 2.15. The molecule has 6 heteroatoms. The second kappa shape index (κ2) is 4.78. The minimum Gasteiger partial charge on any atom is -0.333 e. The van der Waals surface area contributed by atoms with Gasteiger partial charge in [-0.3, -0.25) is 4.99 Å². The molecule has 0 radical (unpaired) electrons. The zero-order valence-corrected chi connectivity index (χ0v) is 9.08. The van der Waals surface area contributed by atoms with Crippen LogP contribution in [-0.2, 0) is 0 Å². The van der Waals surface area contributed by atoms with Gasteiger partial charge >= 0.3 is 0 Å². The summed E-state index contributed by atoms with van der Waals surface area (Å²) in [5.74, 6) is -2.99. The van der Waals surface area contributed by atoms with E-state index in [1.54, 1.807) is 0 Å². The molecule has 0 fully saturated rings. The van der Waals surface area contributed by atoms with Crippen LogP contribution < -0.4 is 5.32 Å². The zero-order valence-electron chi connectivity index (χ0n) is 8.27. The van der Waals surface area contributed by atoms with Crippen molar-refractivity contribution in [3.05, 3.63) is 29.6 Å². The molecule has 0 aliphatic carbocycles. The lowest BCUT2D eigenvalue weighted by Gasteiger charge is -2.13. The summed E-state index contributed by atoms with van der Waals surface area (Å²) in [7, 11) is 0. The lowest BCUT2D eigenvalue weighted by atomic mass is 10.3. The van der Waals surface area contributed by atoms with Crippen molar-refractivity contribution in [2.24, 2.45) is 4.99 Å². The lowest BCUT2D eigenvalue weighted by molar-refractivity contribution is 0.449. The normalized spacial score (nSPS) is 15.8. The molecule has 1 N–H and O–H groups in total. The molecule has 0 saturated carbocycles. The Bertz CT molecular complexity index is 434. The smallest absolute Gasteiger partial charge is 0.196 e. The molecular weight excluding hydrogens is 237 g/mol. The van der Waals surface area contributed by atoms with Gasteiger partial charge in [-0.1, -0.05) is 11.8 Å². The molecule has 1 aliphatic rings. The van der Waals surface area contributed by atoms with E-state index in [-0.39, 0.29) is 5.69 Å². The van der Waals surface area contributed by atoms with E-state index >= 15 is 0 Å². The average Bonchev–Trinajstić information content (AvgIpc) is 2.31. The second-order valence-corrected chi connectivity index (χ2v) is 4.32. The third-order valence-electron chi connectivity index (χ3n) is 2.07. The van der Waals surface area contributed by atoms with Gasteiger partial charge in [-0.25, -0.2) is 13.2 Å². The van der Waals surface area contributed by atoms with Crippen molar-refractivity contribution in [1.29, 1.82) is 0 Å². The number of anilines is 1. The molecule has 0 bridgehead atoms. The van der Waals surface area contributed by atoms with E-state index < -0.39 is 17.5 Å². The van der Waals surface area contributed by atoms with E-state index in [9.17, 15) is 13.2 Å². The molecule has 0 aromatic heterocycles. The molecule has 16 heavy (non-hydrogen) atoms. The van der Waals surface area contributed by atoms with Crippen LogP contribution in [0.4, 0.5) is 18.9 Å². The van der Waals surface area contributed by atoms with Crippen molar-refractivity contribution in [2.45, 2.75) is 6.42 Å². The van der Waals surface area contributed by atoms with E-state index in [4.69, 9.17) is 0 Å². The number of amidine groups is 1. The van der Waals surface area contributed by atoms with Crippen LogP contribution >= 0.6 is 11.8 Å². The summed E-state index contributed by atoms with van der Waals surface area (Å²) in [5.41, 5.74) is -0.0907. The Labute approximate surface area is 95.0 Å². The molecule has 0 atom stereocenters. The fourth-order valence-electron chi connectivity index (χ4n) is 1.27. The molecule has 1 aromatic rings. The highest BCUT2D eigenvalue weighted by atomic mass is 32.2. The van der Waals surface area contributed by atoms with E-state index in [1.165, 1.54) is 11.8 Å². The van der Waals surface area contributed by atoms with Crippen LogP contribution in [0, 0.1) is 17.5 Å². The summed E-state index contributed by atoms with van der Waals surface area (Å²) in [6.07, 6.45) is 0.968. The van der Waals surface area contributed by atoms with Crippen LogP contribution in [0.25, 0.3) is 0 Å². The first kappa shape index (κ1) is 11.3. The van der Waals surface area contributed by atoms with Crippen molar-refractivity contribution in [1.82, 2.24) is 0 Å². The standard InChI is InChI=1S/C10H9F3N2S/c11-6-2-3-7(9(13)8(6)12)15-10-14-4-1-5-16-10/h2-3H,1,4-5H2,(H,14,15). The number of halogens is 3. The molecular formula is C10H9F3N2S. The van der Waals surface area contributed by atoms with E-state index in [0.717, 1.165) is 24.3 Å². The maximum Gasteiger partial charge on any atom is 0.196 e. The lowest BCUT2D eigenvalue weighted by Crippen LogP contribution is -2.15. The monoisotopic (exact) mass is 246 g/mol. The summed E-state index contributed by atoms with van der Waals surface area (Å²) in [6, 6.07) is 2.04. The topological polar surface area (TPSA) is 24.4 Å². The molecule has 86 valence electrons. The highest BCUT2D eigenvalue weighted by molar-refractivity contribution is 8.14. The summed E-state index contributed by atoms with van der Waals surface area (Å²) in [6.45, 7) is 0.667. The molecule has 0 spiro atoms. The maximum atomic E-state index is 13.3. The van der Waals surface area contributed by atoms with Gasteiger partial charge in [0.2, 0.25) is 0 Å². The van der Waals surface area contributed by atoms with E-state index in [1.807, 2.05) is 0 Å². The fraction of sp³-hybridized carbons (Fsp3) is 0.300. The molecule has 2 nitrogen and oxygen atoms in total. The largest absolute Gasteiger partial charge is 0.333 e. The molecule has 2 rings (SSSR count). The van der Waals surface area contributed by atoms with Gasteiger partial charge in [0, 0.05) is 12.3 Å². The second-order valence-electron chi connectivity index (χ2n) is 3.24. The van der Waals surface area contributed by atoms with Crippen LogP contribution in [0.3, 0.4) is 0 Å². The summed E-state index contributed by atoms with van der Waals surface area (Å²) < 4.78 is 38.8. The third-order valence-corrected chi connectivity index (χ3v) is 3.07. The van der Waals surface area contributed by atoms with Crippen molar-refractivity contribution in [3.8, 4) is 0 Å². The molecule has 0 amide bonds. The van der Waals surface area contributed by atoms with Gasteiger partial charge in [0.05, 0.1) is 5.69 Å². The van der Waals surface area contributed by atoms with Crippen molar-refractivity contribution in [2.75, 3.05) is 17.6 Å². The van der Waals surface area contributed by atoms with Crippen molar-refractivity contribution >= 4 is 22.6 Å². The molecule has 0 saturated heterocycles. The average molecular weight is 246 g/mol. The van der Waals surface area contributed by atoms with Gasteiger partial charge < -0.3 is 5.32 Å². The van der Waals surface area contributed by atoms with Gasteiger partial charge in [-0.05, 0) is 18.6 Å². The van der Waals surface area contributed by atoms with Crippen molar-refractivity contribution in [3.63, 3.8) is 0 Å². The Morgan fingerprint density at radius 2 is 2.00 bits per heavy atom. The Morgan fingerprint density at radius 1 is 1.19 bits per heavy atom. The number of hydrogen-bond donors (Lipinski definition) is 1. The zero-order chi connectivity index (χ0) is 11.5. The predicted octanol–water partition coefficient (Wildman–Crippen LogP) is 3.01. The van der Waals surface area contributed by atoms with Crippen molar-refractivity contribution < 1.29 is 13.2 Å². The number of nitrogens with one attached hydrogen (secondary N) is 1. The minimum atomic E-state index is -1.47. The number of aliphatic imine (C=N–C) groups is 1. The first-order chi connectivity index (χ1) is 7.68. The molecule has 0 unspecified atom stereocenters. The minimum absolute atomic E-state index is 0.0907. The van der Waals surface area contributed by atoms with Gasteiger partial charge in [0.15, 0.2) is 22.6 Å². The summed E-state index contributed by atoms with van der Waals surface area (Å²) in [4.78, 5) is 4.10. The summed E-state index contributed by atoms with van der Waals surface area (Å²) in [5, 5.41) is 3.19. The SMILES string of the molecule is Fc1ccc(NC2=NCCCS2)c(F)c1F. The third kappa shape index (κ3) is 2.32. The maximum absolute atomic E-state index is 13.3.